The molecule has 2 heterocycles. The second kappa shape index (κ2) is 8.30. The summed E-state index contributed by atoms with van der Waals surface area (Å²) >= 11 is 1.16. The topological polar surface area (TPSA) is 135 Å². The van der Waals surface area contributed by atoms with Gasteiger partial charge in [-0.05, 0) is 25.7 Å². The first-order valence-corrected chi connectivity index (χ1v) is 11.2. The number of benzene rings is 1. The number of carbonyl (C=O) groups excluding carboxylic acids is 3. The summed E-state index contributed by atoms with van der Waals surface area (Å²) in [4.78, 5) is 54.0. The molecule has 2 unspecified atom stereocenters. The Morgan fingerprint density at radius 2 is 2.19 bits per heavy atom. The van der Waals surface area contributed by atoms with Gasteiger partial charge in [-0.2, -0.15) is 0 Å². The maximum absolute atomic E-state index is 13.0. The highest BCUT2D eigenvalue weighted by Crippen LogP contribution is 2.38. The van der Waals surface area contributed by atoms with Crippen molar-refractivity contribution in [1.82, 2.24) is 15.2 Å². The molecule has 1 spiro atoms. The Hall–Kier alpha value is -3.34. The molecule has 2 N–H and O–H groups in total. The van der Waals surface area contributed by atoms with Crippen molar-refractivity contribution in [2.45, 2.75) is 45.1 Å². The maximum Gasteiger partial charge on any atom is 0.325 e. The summed E-state index contributed by atoms with van der Waals surface area (Å²) in [5.74, 6) is -0.873. The maximum atomic E-state index is 13.0. The minimum atomic E-state index is -0.913. The standard InChI is InChI=1S/C21H23N5O5S/c1-12-6-7-14(9-16(12)26(30)31)15-11-32-19(22-15)23-17(27)10-25-18(28)21(24-20(25)29)8-4-3-5-13(21)2/h6-7,9,11,13H,3-5,8,10H2,1-2H3,(H,24,29)(H,22,23,27). The molecular formula is C21H23N5O5S. The van der Waals surface area contributed by atoms with Gasteiger partial charge >= 0.3 is 6.03 Å². The highest BCUT2D eigenvalue weighted by molar-refractivity contribution is 7.14. The fourth-order valence-electron chi connectivity index (χ4n) is 4.37. The van der Waals surface area contributed by atoms with Crippen molar-refractivity contribution >= 4 is 40.0 Å². The van der Waals surface area contributed by atoms with E-state index in [1.165, 1.54) is 6.07 Å². The molecule has 1 aromatic heterocycles. The monoisotopic (exact) mass is 457 g/mol. The zero-order chi connectivity index (χ0) is 23.0. The van der Waals surface area contributed by atoms with Crippen LogP contribution in [0.5, 0.6) is 0 Å². The van der Waals surface area contributed by atoms with Crippen molar-refractivity contribution in [2.75, 3.05) is 11.9 Å². The predicted octanol–water partition coefficient (Wildman–Crippen LogP) is 3.47. The van der Waals surface area contributed by atoms with Crippen LogP contribution in [0.2, 0.25) is 0 Å². The summed E-state index contributed by atoms with van der Waals surface area (Å²) in [6.07, 6.45) is 3.30. The average Bonchev–Trinajstić information content (AvgIpc) is 3.29. The number of urea groups is 1. The molecule has 2 aliphatic rings. The molecule has 2 fully saturated rings. The average molecular weight is 458 g/mol. The van der Waals surface area contributed by atoms with Crippen LogP contribution < -0.4 is 10.6 Å². The van der Waals surface area contributed by atoms with Crippen molar-refractivity contribution in [3.8, 4) is 11.3 Å². The van der Waals surface area contributed by atoms with Gasteiger partial charge in [0.05, 0.1) is 10.6 Å². The summed E-state index contributed by atoms with van der Waals surface area (Å²) in [5.41, 5.74) is 0.663. The molecule has 1 aromatic carbocycles. The molecular weight excluding hydrogens is 434 g/mol. The van der Waals surface area contributed by atoms with Crippen molar-refractivity contribution in [3.63, 3.8) is 0 Å². The lowest BCUT2D eigenvalue weighted by molar-refractivity contribution is -0.385. The summed E-state index contributed by atoms with van der Waals surface area (Å²) in [6, 6.07) is 4.26. The van der Waals surface area contributed by atoms with Crippen molar-refractivity contribution in [1.29, 1.82) is 0 Å². The highest BCUT2D eigenvalue weighted by Gasteiger charge is 2.55. The van der Waals surface area contributed by atoms with Crippen LogP contribution in [-0.4, -0.2) is 44.7 Å². The molecule has 1 aliphatic heterocycles. The van der Waals surface area contributed by atoms with Crippen LogP contribution >= 0.6 is 11.3 Å². The minimum Gasteiger partial charge on any atom is -0.323 e. The molecule has 2 atom stereocenters. The van der Waals surface area contributed by atoms with E-state index >= 15 is 0 Å². The van der Waals surface area contributed by atoms with Gasteiger partial charge < -0.3 is 10.6 Å². The van der Waals surface area contributed by atoms with Crippen LogP contribution in [-0.2, 0) is 9.59 Å². The third kappa shape index (κ3) is 3.83. The van der Waals surface area contributed by atoms with E-state index in [1.807, 2.05) is 6.92 Å². The Labute approximate surface area is 188 Å². The fraction of sp³-hybridized carbons (Fsp3) is 0.429. The molecule has 2 aromatic rings. The summed E-state index contributed by atoms with van der Waals surface area (Å²) in [7, 11) is 0. The number of aryl methyl sites for hydroxylation is 1. The third-order valence-electron chi connectivity index (χ3n) is 6.26. The van der Waals surface area contributed by atoms with Gasteiger partial charge in [-0.1, -0.05) is 31.9 Å². The molecule has 4 amide bonds. The largest absolute Gasteiger partial charge is 0.325 e. The van der Waals surface area contributed by atoms with Gasteiger partial charge in [-0.3, -0.25) is 24.6 Å². The Kier molecular flexibility index (Phi) is 5.68. The van der Waals surface area contributed by atoms with Crippen LogP contribution in [0.1, 0.15) is 38.2 Å². The van der Waals surface area contributed by atoms with E-state index in [-0.39, 0.29) is 22.6 Å². The molecule has 1 aliphatic carbocycles. The number of hydrogen-bond donors (Lipinski definition) is 2. The number of hydrogen-bond acceptors (Lipinski definition) is 7. The Bertz CT molecular complexity index is 1120. The van der Waals surface area contributed by atoms with Gasteiger partial charge in [0.2, 0.25) is 5.91 Å². The fourth-order valence-corrected chi connectivity index (χ4v) is 5.11. The number of nitrogens with zero attached hydrogens (tertiary/aromatic N) is 3. The van der Waals surface area contributed by atoms with Crippen LogP contribution in [0.3, 0.4) is 0 Å². The van der Waals surface area contributed by atoms with E-state index in [1.54, 1.807) is 24.4 Å². The van der Waals surface area contributed by atoms with Crippen molar-refractivity contribution < 1.29 is 19.3 Å². The minimum absolute atomic E-state index is 0.00878. The molecule has 32 heavy (non-hydrogen) atoms. The summed E-state index contributed by atoms with van der Waals surface area (Å²) < 4.78 is 0. The van der Waals surface area contributed by atoms with E-state index in [9.17, 15) is 24.5 Å². The van der Waals surface area contributed by atoms with E-state index in [2.05, 4.69) is 15.6 Å². The molecule has 11 heteroatoms. The second-order valence-electron chi connectivity index (χ2n) is 8.28. The SMILES string of the molecule is Cc1ccc(-c2csc(NC(=O)CN3C(=O)NC4(CCCCC4C)C3=O)n2)cc1[N+](=O)[O-]. The normalized spacial score (nSPS) is 22.8. The van der Waals surface area contributed by atoms with Crippen LogP contribution in [0, 0.1) is 23.0 Å². The lowest BCUT2D eigenvalue weighted by atomic mass is 9.73. The molecule has 4 rings (SSSR count). The van der Waals surface area contributed by atoms with E-state index in [0.717, 1.165) is 35.5 Å². The number of imide groups is 1. The first-order valence-electron chi connectivity index (χ1n) is 10.4. The zero-order valence-electron chi connectivity index (χ0n) is 17.7. The highest BCUT2D eigenvalue weighted by atomic mass is 32.1. The van der Waals surface area contributed by atoms with Crippen LogP contribution in [0.25, 0.3) is 11.3 Å². The third-order valence-corrected chi connectivity index (χ3v) is 7.01. The Morgan fingerprint density at radius 1 is 1.41 bits per heavy atom. The lowest BCUT2D eigenvalue weighted by Gasteiger charge is -2.36. The van der Waals surface area contributed by atoms with Gasteiger partial charge in [0.15, 0.2) is 5.13 Å². The molecule has 168 valence electrons. The number of anilines is 1. The van der Waals surface area contributed by atoms with Crippen LogP contribution in [0.15, 0.2) is 23.6 Å². The second-order valence-corrected chi connectivity index (χ2v) is 9.14. The number of amides is 4. The van der Waals surface area contributed by atoms with Crippen LogP contribution in [0.4, 0.5) is 15.6 Å². The lowest BCUT2D eigenvalue weighted by Crippen LogP contribution is -2.54. The first-order chi connectivity index (χ1) is 15.2. The number of rotatable bonds is 5. The summed E-state index contributed by atoms with van der Waals surface area (Å²) in [5, 5.41) is 18.6. The van der Waals surface area contributed by atoms with Gasteiger partial charge in [0.1, 0.15) is 12.1 Å². The molecule has 10 nitrogen and oxygen atoms in total. The Balaban J connectivity index is 1.44. The predicted molar refractivity (Wildman–Crippen MR) is 118 cm³/mol. The van der Waals surface area contributed by atoms with E-state index in [4.69, 9.17) is 0 Å². The van der Waals surface area contributed by atoms with Crippen molar-refractivity contribution in [3.05, 3.63) is 39.3 Å². The zero-order valence-corrected chi connectivity index (χ0v) is 18.5. The molecule has 1 saturated carbocycles. The number of nitro benzene ring substituents is 1. The van der Waals surface area contributed by atoms with Gasteiger partial charge in [0, 0.05) is 22.6 Å². The Morgan fingerprint density at radius 3 is 2.91 bits per heavy atom. The van der Waals surface area contributed by atoms with Crippen molar-refractivity contribution in [2.24, 2.45) is 5.92 Å². The number of nitro groups is 1. The molecule has 1 saturated heterocycles. The number of thiazole rings is 1. The molecule has 0 bridgehead atoms. The quantitative estimate of drug-likeness (QED) is 0.401. The van der Waals surface area contributed by atoms with Gasteiger partial charge in [-0.25, -0.2) is 9.78 Å². The van der Waals surface area contributed by atoms with Gasteiger partial charge in [-0.15, -0.1) is 11.3 Å². The van der Waals surface area contributed by atoms with Gasteiger partial charge in [0.25, 0.3) is 11.6 Å². The van der Waals surface area contributed by atoms with E-state index in [0.29, 0.717) is 23.2 Å². The number of carbonyl (C=O) groups is 3. The smallest absolute Gasteiger partial charge is 0.323 e. The number of aromatic nitrogens is 1. The van der Waals surface area contributed by atoms with E-state index < -0.39 is 28.9 Å². The molecule has 0 radical (unpaired) electrons. The number of nitrogens with one attached hydrogen (secondary N) is 2. The summed E-state index contributed by atoms with van der Waals surface area (Å²) in [6.45, 7) is 3.21. The first kappa shape index (κ1) is 21.9.